The number of carbonyl (C=O) groups excluding carboxylic acids is 1. The summed E-state index contributed by atoms with van der Waals surface area (Å²) >= 11 is 0. The van der Waals surface area contributed by atoms with Gasteiger partial charge in [0, 0.05) is 32.7 Å². The summed E-state index contributed by atoms with van der Waals surface area (Å²) in [5, 5.41) is 0. The Bertz CT molecular complexity index is 1000. The van der Waals surface area contributed by atoms with E-state index in [1.807, 2.05) is 0 Å². The number of halogens is 7. The van der Waals surface area contributed by atoms with Crippen molar-refractivity contribution in [2.45, 2.75) is 44.0 Å². The molecule has 4 rings (SSSR count). The molecule has 0 spiro atoms. The van der Waals surface area contributed by atoms with Gasteiger partial charge in [-0.15, -0.1) is 0 Å². The zero-order valence-corrected chi connectivity index (χ0v) is 18.3. The van der Waals surface area contributed by atoms with Crippen molar-refractivity contribution in [3.05, 3.63) is 46.3 Å². The molecule has 0 aromatic heterocycles. The van der Waals surface area contributed by atoms with Gasteiger partial charge in [-0.3, -0.25) is 14.7 Å². The normalized spacial score (nSPS) is 20.6. The molecule has 0 atom stereocenters. The van der Waals surface area contributed by atoms with Gasteiger partial charge in [-0.25, -0.2) is 4.39 Å². The first-order chi connectivity index (χ1) is 15.9. The Morgan fingerprint density at radius 3 is 2.41 bits per heavy atom. The molecule has 0 bridgehead atoms. The van der Waals surface area contributed by atoms with Crippen LogP contribution in [0.2, 0.25) is 0 Å². The molecule has 34 heavy (non-hydrogen) atoms. The van der Waals surface area contributed by atoms with Gasteiger partial charge >= 0.3 is 12.4 Å². The van der Waals surface area contributed by atoms with Crippen LogP contribution in [0.4, 0.5) is 30.7 Å². The van der Waals surface area contributed by atoms with Gasteiger partial charge < -0.3 is 4.90 Å². The first kappa shape index (κ1) is 24.7. The topological polar surface area (TPSA) is 35.9 Å². The zero-order valence-electron chi connectivity index (χ0n) is 18.3. The van der Waals surface area contributed by atoms with E-state index in [1.54, 1.807) is 4.90 Å². The van der Waals surface area contributed by atoms with Crippen LogP contribution in [-0.4, -0.2) is 66.9 Å². The van der Waals surface area contributed by atoms with E-state index >= 15 is 0 Å². The van der Waals surface area contributed by atoms with Crippen LogP contribution in [0, 0.1) is 5.82 Å². The highest BCUT2D eigenvalue weighted by molar-refractivity contribution is 6.46. The summed E-state index contributed by atoms with van der Waals surface area (Å²) in [6.07, 6.45) is -8.95. The van der Waals surface area contributed by atoms with E-state index in [9.17, 15) is 35.5 Å². The second-order valence-corrected chi connectivity index (χ2v) is 8.91. The maximum atomic E-state index is 13.9. The molecule has 4 nitrogen and oxygen atoms in total. The van der Waals surface area contributed by atoms with E-state index in [1.165, 1.54) is 17.0 Å². The first-order valence-electron chi connectivity index (χ1n) is 11.1. The van der Waals surface area contributed by atoms with Gasteiger partial charge in [-0.1, -0.05) is 12.1 Å². The fraction of sp³-hybridized carbons (Fsp3) is 0.565. The van der Waals surface area contributed by atoms with Crippen molar-refractivity contribution in [2.75, 3.05) is 39.3 Å². The van der Waals surface area contributed by atoms with Gasteiger partial charge in [0.1, 0.15) is 11.5 Å². The maximum absolute atomic E-state index is 13.9. The molecule has 1 aromatic rings. The molecule has 1 aromatic carbocycles. The molecule has 0 saturated carbocycles. The van der Waals surface area contributed by atoms with Gasteiger partial charge in [-0.2, -0.15) is 26.3 Å². The summed E-state index contributed by atoms with van der Waals surface area (Å²) in [6.45, 7) is 1.28. The third-order valence-corrected chi connectivity index (χ3v) is 6.72. The number of hydrogen-bond donors (Lipinski definition) is 0. The minimum absolute atomic E-state index is 0.101. The molecule has 11 heteroatoms. The molecule has 1 fully saturated rings. The predicted molar refractivity (Wildman–Crippen MR) is 111 cm³/mol. The van der Waals surface area contributed by atoms with E-state index < -0.39 is 36.1 Å². The Morgan fingerprint density at radius 2 is 1.76 bits per heavy atom. The van der Waals surface area contributed by atoms with E-state index in [2.05, 4.69) is 4.99 Å². The second-order valence-electron chi connectivity index (χ2n) is 8.91. The molecule has 0 N–H and O–H groups in total. The summed E-state index contributed by atoms with van der Waals surface area (Å²) in [5.74, 6) is -2.20. The Hall–Kier alpha value is -2.43. The predicted octanol–water partition coefficient (Wildman–Crippen LogP) is 4.96. The number of nitrogens with zero attached hydrogens (tertiary/aromatic N) is 3. The number of amides is 1. The van der Waals surface area contributed by atoms with Crippen molar-refractivity contribution in [1.82, 2.24) is 9.80 Å². The quantitative estimate of drug-likeness (QED) is 0.559. The Labute approximate surface area is 192 Å². The lowest BCUT2D eigenvalue weighted by Crippen LogP contribution is -2.44. The van der Waals surface area contributed by atoms with E-state index in [4.69, 9.17) is 0 Å². The number of likely N-dealkylation sites (tertiary alicyclic amines) is 1. The van der Waals surface area contributed by atoms with Crippen LogP contribution in [-0.2, 0) is 11.0 Å². The lowest BCUT2D eigenvalue weighted by atomic mass is 9.85. The number of piperidine rings is 1. The molecule has 1 saturated heterocycles. The standard InChI is InChI=1S/C23H24F7N3O/c24-18-3-1-2-16(19(18)23(28,29)30)14-5-9-33(10-6-14)21(34)20-17-13-32(11-7-22(25,26)27)8-4-15(17)12-31-20/h1-3,14H,4-13H2. The molecule has 0 unspecified atom stereocenters. The van der Waals surface area contributed by atoms with Crippen LogP contribution in [0.25, 0.3) is 0 Å². The Kier molecular flexibility index (Phi) is 6.76. The van der Waals surface area contributed by atoms with E-state index in [0.717, 1.165) is 11.6 Å². The zero-order chi connectivity index (χ0) is 24.7. The van der Waals surface area contributed by atoms with E-state index in [0.29, 0.717) is 25.1 Å². The number of hydrogen-bond acceptors (Lipinski definition) is 3. The average molecular weight is 491 g/mol. The molecular formula is C23H24F7N3O. The fourth-order valence-corrected chi connectivity index (χ4v) is 4.94. The summed E-state index contributed by atoms with van der Waals surface area (Å²) in [5.41, 5.74) is 0.513. The average Bonchev–Trinajstić information content (AvgIpc) is 3.19. The first-order valence-corrected chi connectivity index (χ1v) is 11.1. The fourth-order valence-electron chi connectivity index (χ4n) is 4.94. The van der Waals surface area contributed by atoms with Gasteiger partial charge in [-0.05, 0) is 48.0 Å². The van der Waals surface area contributed by atoms with Gasteiger partial charge in [0.05, 0.1) is 18.5 Å². The summed E-state index contributed by atoms with van der Waals surface area (Å²) < 4.78 is 91.9. The summed E-state index contributed by atoms with van der Waals surface area (Å²) in [6, 6.07) is 3.33. The van der Waals surface area contributed by atoms with Gasteiger partial charge in [0.15, 0.2) is 0 Å². The van der Waals surface area contributed by atoms with Crippen LogP contribution >= 0.6 is 0 Å². The molecular weight excluding hydrogens is 467 g/mol. The van der Waals surface area contributed by atoms with Crippen LogP contribution in [0.1, 0.15) is 42.7 Å². The second kappa shape index (κ2) is 9.31. The maximum Gasteiger partial charge on any atom is 0.419 e. The number of aliphatic imine (C=N–C) groups is 1. The van der Waals surface area contributed by atoms with Crippen molar-refractivity contribution in [3.63, 3.8) is 0 Å². The number of alkyl halides is 6. The number of rotatable bonds is 4. The van der Waals surface area contributed by atoms with Crippen molar-refractivity contribution < 1.29 is 35.5 Å². The van der Waals surface area contributed by atoms with Gasteiger partial charge in [0.25, 0.3) is 5.91 Å². The van der Waals surface area contributed by atoms with Crippen molar-refractivity contribution in [2.24, 2.45) is 4.99 Å². The van der Waals surface area contributed by atoms with E-state index in [-0.39, 0.29) is 56.2 Å². The highest BCUT2D eigenvalue weighted by atomic mass is 19.4. The SMILES string of the molecule is O=C(C1=NCC2=C1CN(CCC(F)(F)F)CC2)N1CCC(c2cccc(F)c2C(F)(F)F)CC1. The van der Waals surface area contributed by atoms with Gasteiger partial charge in [0.2, 0.25) is 0 Å². The minimum Gasteiger partial charge on any atom is -0.337 e. The molecule has 3 aliphatic heterocycles. The molecule has 0 aliphatic carbocycles. The number of benzene rings is 1. The minimum atomic E-state index is -4.81. The smallest absolute Gasteiger partial charge is 0.337 e. The molecule has 0 radical (unpaired) electrons. The van der Waals surface area contributed by atoms with Crippen molar-refractivity contribution in [3.8, 4) is 0 Å². The lowest BCUT2D eigenvalue weighted by molar-refractivity contribution is -0.141. The summed E-state index contributed by atoms with van der Waals surface area (Å²) in [7, 11) is 0. The van der Waals surface area contributed by atoms with Crippen molar-refractivity contribution >= 4 is 11.6 Å². The van der Waals surface area contributed by atoms with Crippen LogP contribution in [0.3, 0.4) is 0 Å². The molecule has 186 valence electrons. The Morgan fingerprint density at radius 1 is 1.06 bits per heavy atom. The van der Waals surface area contributed by atoms with Crippen LogP contribution < -0.4 is 0 Å². The largest absolute Gasteiger partial charge is 0.419 e. The molecule has 3 heterocycles. The third-order valence-electron chi connectivity index (χ3n) is 6.72. The van der Waals surface area contributed by atoms with Crippen molar-refractivity contribution in [1.29, 1.82) is 0 Å². The lowest BCUT2D eigenvalue weighted by Gasteiger charge is -2.34. The highest BCUT2D eigenvalue weighted by Gasteiger charge is 2.40. The third kappa shape index (κ3) is 5.29. The monoisotopic (exact) mass is 491 g/mol. The summed E-state index contributed by atoms with van der Waals surface area (Å²) in [4.78, 5) is 20.6. The molecule has 3 aliphatic rings. The highest BCUT2D eigenvalue weighted by Crippen LogP contribution is 2.40. The van der Waals surface area contributed by atoms with Crippen LogP contribution in [0.5, 0.6) is 0 Å². The Balaban J connectivity index is 1.40. The van der Waals surface area contributed by atoms with Crippen LogP contribution in [0.15, 0.2) is 34.3 Å². The number of carbonyl (C=O) groups is 1. The molecule has 1 amide bonds.